The van der Waals surface area contributed by atoms with Crippen LogP contribution in [0.2, 0.25) is 0 Å². The molecule has 0 aliphatic heterocycles. The lowest BCUT2D eigenvalue weighted by Gasteiger charge is -2.18. The van der Waals surface area contributed by atoms with Crippen molar-refractivity contribution >= 4 is 18.3 Å². The van der Waals surface area contributed by atoms with Gasteiger partial charge >= 0.3 is 0 Å². The van der Waals surface area contributed by atoms with Crippen molar-refractivity contribution in [2.45, 2.75) is 72.4 Å². The summed E-state index contributed by atoms with van der Waals surface area (Å²) in [6.45, 7) is 11.4. The minimum Gasteiger partial charge on any atom is -0.471 e. The Morgan fingerprint density at radius 2 is 1.42 bits per heavy atom. The Morgan fingerprint density at radius 1 is 0.904 bits per heavy atom. The van der Waals surface area contributed by atoms with Gasteiger partial charge in [-0.2, -0.15) is 0 Å². The van der Waals surface area contributed by atoms with Crippen LogP contribution < -0.4 is 16.4 Å². The quantitative estimate of drug-likeness (QED) is 0.0672. The molecular formula is C40H56N8O4. The number of amides is 2. The summed E-state index contributed by atoms with van der Waals surface area (Å²) in [6.07, 6.45) is 7.56. The predicted molar refractivity (Wildman–Crippen MR) is 207 cm³/mol. The van der Waals surface area contributed by atoms with Crippen molar-refractivity contribution in [2.24, 2.45) is 11.7 Å². The molecule has 4 aromatic rings. The number of H-pyrrole nitrogens is 2. The van der Waals surface area contributed by atoms with Gasteiger partial charge in [-0.25, -0.2) is 9.97 Å². The first-order valence-electron chi connectivity index (χ1n) is 17.7. The molecule has 0 fully saturated rings. The molecule has 52 heavy (non-hydrogen) atoms. The minimum atomic E-state index is -0.555. The second-order valence-corrected chi connectivity index (χ2v) is 12.9. The lowest BCUT2D eigenvalue weighted by atomic mass is 10.0. The van der Waals surface area contributed by atoms with Gasteiger partial charge in [-0.3, -0.25) is 14.4 Å². The Morgan fingerprint density at radius 3 is 1.92 bits per heavy atom. The number of nitrogens with zero attached hydrogens (tertiary/aromatic N) is 3. The summed E-state index contributed by atoms with van der Waals surface area (Å²) in [5.74, 6) is 8.00. The molecule has 0 saturated carbocycles. The van der Waals surface area contributed by atoms with Crippen LogP contribution in [0, 0.1) is 17.8 Å². The summed E-state index contributed by atoms with van der Waals surface area (Å²) >= 11 is 0. The van der Waals surface area contributed by atoms with Crippen molar-refractivity contribution in [3.63, 3.8) is 0 Å². The fraction of sp³-hybridized carbons (Fsp3) is 0.425. The lowest BCUT2D eigenvalue weighted by Crippen LogP contribution is -2.44. The van der Waals surface area contributed by atoms with E-state index in [-0.39, 0.29) is 23.8 Å². The van der Waals surface area contributed by atoms with Gasteiger partial charge in [-0.05, 0) is 75.2 Å². The van der Waals surface area contributed by atoms with E-state index in [1.807, 2.05) is 94.5 Å². The predicted octanol–water partition coefficient (Wildman–Crippen LogP) is 5.23. The average molecular weight is 713 g/mol. The number of unbranched alkanes of at least 4 members (excludes halogenated alkanes) is 1. The van der Waals surface area contributed by atoms with Crippen LogP contribution in [0.15, 0.2) is 60.9 Å². The third kappa shape index (κ3) is 15.3. The van der Waals surface area contributed by atoms with Gasteiger partial charge in [-0.1, -0.05) is 70.2 Å². The normalized spacial score (nSPS) is 11.5. The van der Waals surface area contributed by atoms with Crippen molar-refractivity contribution in [1.82, 2.24) is 35.5 Å². The Hall–Kier alpha value is -5.25. The number of aryl methyl sites for hydroxylation is 1. The van der Waals surface area contributed by atoms with Gasteiger partial charge < -0.3 is 36.0 Å². The van der Waals surface area contributed by atoms with Gasteiger partial charge in [0.1, 0.15) is 11.6 Å². The fourth-order valence-electron chi connectivity index (χ4n) is 4.62. The number of aromatic nitrogens is 4. The van der Waals surface area contributed by atoms with Crippen molar-refractivity contribution < 1.29 is 19.1 Å². The monoisotopic (exact) mass is 712 g/mol. The molecule has 2 atom stereocenters. The molecular weight excluding hydrogens is 656 g/mol. The van der Waals surface area contributed by atoms with E-state index in [4.69, 9.17) is 10.5 Å². The number of carbonyl (C=O) groups is 3. The number of imidazole rings is 2. The van der Waals surface area contributed by atoms with E-state index in [2.05, 4.69) is 61.0 Å². The van der Waals surface area contributed by atoms with Crippen LogP contribution in [-0.4, -0.2) is 83.5 Å². The number of nitrogens with two attached hydrogens (primary N) is 1. The van der Waals surface area contributed by atoms with E-state index in [0.717, 1.165) is 58.7 Å². The van der Waals surface area contributed by atoms with E-state index in [1.54, 1.807) is 6.20 Å². The SMILES string of the molecule is CC(NC(=O)C(N)C(C)C)c1ncc(-c2ccc(C#Cc3ccc(-c4cnc(CCCCNC(=O)CN(C)C)[nH]4)cc3)cc2)[nH]1.CCC.COC=O. The molecule has 2 aromatic carbocycles. The highest BCUT2D eigenvalue weighted by atomic mass is 16.5. The van der Waals surface area contributed by atoms with Gasteiger partial charge in [-0.15, -0.1) is 0 Å². The zero-order valence-electron chi connectivity index (χ0n) is 31.9. The van der Waals surface area contributed by atoms with Crippen LogP contribution >= 0.6 is 0 Å². The van der Waals surface area contributed by atoms with Gasteiger partial charge in [0.05, 0.1) is 49.5 Å². The number of aromatic amines is 2. The highest BCUT2D eigenvalue weighted by Crippen LogP contribution is 2.21. The molecule has 0 radical (unpaired) electrons. The number of hydrogen-bond donors (Lipinski definition) is 5. The summed E-state index contributed by atoms with van der Waals surface area (Å²) in [7, 11) is 5.08. The maximum Gasteiger partial charge on any atom is 0.292 e. The van der Waals surface area contributed by atoms with Crippen LogP contribution in [0.25, 0.3) is 22.5 Å². The first kappa shape index (κ1) is 42.9. The zero-order valence-corrected chi connectivity index (χ0v) is 31.9. The maximum absolute atomic E-state index is 12.3. The Bertz CT molecular complexity index is 1700. The molecule has 12 nitrogen and oxygen atoms in total. The minimum absolute atomic E-state index is 0.0500. The molecule has 2 amide bonds. The van der Waals surface area contributed by atoms with Crippen molar-refractivity contribution in [1.29, 1.82) is 0 Å². The van der Waals surface area contributed by atoms with Crippen molar-refractivity contribution in [3.8, 4) is 34.4 Å². The largest absolute Gasteiger partial charge is 0.471 e. The molecule has 2 aromatic heterocycles. The number of likely N-dealkylation sites (N-methyl/N-ethyl adjacent to an activating group) is 1. The standard InChI is InChI=1S/C35H44N8O2.C3H8.C2H4O2/c1-23(2)33(36)35(45)40-24(3)34-39-21-30(42-34)28-17-13-26(14-18-28)10-9-25-11-15-27(16-12-25)29-20-38-31(41-29)8-6-7-19-37-32(44)22-43(4)5;1-3-2;1-4-2-3/h11-18,20-21,23-24,33H,6-8,19,22,36H2,1-5H3,(H,37,44)(H,38,41)(H,39,42)(H,40,45);3H2,1-2H3;2H,1H3. The van der Waals surface area contributed by atoms with Gasteiger partial charge in [0.25, 0.3) is 6.47 Å². The van der Waals surface area contributed by atoms with E-state index in [1.165, 1.54) is 13.5 Å². The summed E-state index contributed by atoms with van der Waals surface area (Å²) in [4.78, 5) is 50.5. The third-order valence-corrected chi connectivity index (χ3v) is 7.48. The Kier molecular flexibility index (Phi) is 19.2. The summed E-state index contributed by atoms with van der Waals surface area (Å²) in [6, 6.07) is 15.2. The highest BCUT2D eigenvalue weighted by Gasteiger charge is 2.20. The zero-order chi connectivity index (χ0) is 38.5. The third-order valence-electron chi connectivity index (χ3n) is 7.48. The van der Waals surface area contributed by atoms with Crippen molar-refractivity contribution in [3.05, 3.63) is 83.7 Å². The second kappa shape index (κ2) is 23.3. The van der Waals surface area contributed by atoms with Crippen LogP contribution in [0.3, 0.4) is 0 Å². The molecule has 12 heteroatoms. The smallest absolute Gasteiger partial charge is 0.292 e. The first-order chi connectivity index (χ1) is 24.9. The van der Waals surface area contributed by atoms with Crippen LogP contribution in [0.1, 0.15) is 82.7 Å². The van der Waals surface area contributed by atoms with E-state index >= 15 is 0 Å². The molecule has 2 unspecified atom stereocenters. The van der Waals surface area contributed by atoms with Crippen LogP contribution in [0.4, 0.5) is 0 Å². The number of methoxy groups -OCH3 is 1. The average Bonchev–Trinajstić information content (AvgIpc) is 3.82. The molecule has 0 saturated heterocycles. The fourth-order valence-corrected chi connectivity index (χ4v) is 4.62. The first-order valence-corrected chi connectivity index (χ1v) is 17.7. The number of carbonyl (C=O) groups excluding carboxylic acids is 3. The van der Waals surface area contributed by atoms with E-state index in [9.17, 15) is 9.59 Å². The van der Waals surface area contributed by atoms with Gasteiger partial charge in [0, 0.05) is 24.1 Å². The van der Waals surface area contributed by atoms with Crippen molar-refractivity contribution in [2.75, 3.05) is 34.3 Å². The number of rotatable bonds is 14. The molecule has 0 bridgehead atoms. The summed E-state index contributed by atoms with van der Waals surface area (Å²) < 4.78 is 3.86. The van der Waals surface area contributed by atoms with Crippen LogP contribution in [-0.2, 0) is 25.5 Å². The molecule has 0 spiro atoms. The number of benzene rings is 2. The maximum atomic E-state index is 12.3. The second-order valence-electron chi connectivity index (χ2n) is 12.9. The molecule has 4 rings (SSSR count). The molecule has 2 heterocycles. The molecule has 280 valence electrons. The highest BCUT2D eigenvalue weighted by molar-refractivity contribution is 5.82. The summed E-state index contributed by atoms with van der Waals surface area (Å²) in [5.41, 5.74) is 11.6. The van der Waals surface area contributed by atoms with Gasteiger partial charge in [0.15, 0.2) is 0 Å². The topological polar surface area (TPSA) is 171 Å². The van der Waals surface area contributed by atoms with E-state index < -0.39 is 6.04 Å². The van der Waals surface area contributed by atoms with Gasteiger partial charge in [0.2, 0.25) is 11.8 Å². The Labute approximate surface area is 308 Å². The summed E-state index contributed by atoms with van der Waals surface area (Å²) in [5, 5.41) is 5.86. The number of ether oxygens (including phenoxy) is 1. The molecule has 0 aliphatic carbocycles. The molecule has 0 aliphatic rings. The number of nitrogens with one attached hydrogen (secondary N) is 4. The van der Waals surface area contributed by atoms with Crippen LogP contribution in [0.5, 0.6) is 0 Å². The molecule has 6 N–H and O–H groups in total. The number of hydrogen-bond acceptors (Lipinski definition) is 8. The lowest BCUT2D eigenvalue weighted by molar-refractivity contribution is -0.126. The van der Waals surface area contributed by atoms with E-state index in [0.29, 0.717) is 25.4 Å². The Balaban J connectivity index is 0.00000123.